The van der Waals surface area contributed by atoms with E-state index in [1.165, 1.54) is 0 Å². The molecule has 8 nitrogen and oxygen atoms in total. The van der Waals surface area contributed by atoms with Crippen LogP contribution in [0.3, 0.4) is 0 Å². The number of aromatic nitrogens is 1. The van der Waals surface area contributed by atoms with E-state index in [1.54, 1.807) is 12.3 Å². The fourth-order valence-corrected chi connectivity index (χ4v) is 5.38. The third kappa shape index (κ3) is 3.13. The summed E-state index contributed by atoms with van der Waals surface area (Å²) in [5, 5.41) is 2.96. The second kappa shape index (κ2) is 7.55. The van der Waals surface area contributed by atoms with Gasteiger partial charge < -0.3 is 25.3 Å². The van der Waals surface area contributed by atoms with Crippen LogP contribution in [0.1, 0.15) is 29.9 Å². The Labute approximate surface area is 203 Å². The van der Waals surface area contributed by atoms with Crippen LogP contribution in [0.2, 0.25) is 0 Å². The number of rotatable bonds is 3. The first-order valence-electron chi connectivity index (χ1n) is 11.6. The topological polar surface area (TPSA) is 108 Å². The Morgan fingerprint density at radius 1 is 1.00 bits per heavy atom. The molecule has 1 fully saturated rings. The minimum Gasteiger partial charge on any atom is -0.487 e. The van der Waals surface area contributed by atoms with E-state index >= 15 is 0 Å². The Bertz CT molecular complexity index is 1330. The highest BCUT2D eigenvalue weighted by atomic mass is 16.5. The summed E-state index contributed by atoms with van der Waals surface area (Å²) in [6.45, 7) is 5.35. The lowest BCUT2D eigenvalue weighted by Gasteiger charge is -2.61. The van der Waals surface area contributed by atoms with Gasteiger partial charge in [-0.25, -0.2) is 4.99 Å². The fourth-order valence-electron chi connectivity index (χ4n) is 5.38. The molecule has 178 valence electrons. The monoisotopic (exact) mass is 470 g/mol. The number of anilines is 1. The standard InChI is InChI=1S/C27H26N4O4/c1-25(2)26(14-33-15-26)27(16-34-24(28)31-27)20-12-19(9-11-22(20)35-25)30-23(32)21-10-8-18(13-29-21)17-6-4-3-5-7-17/h3-13H,14-16H2,1-2H3,(H2,28,31)(H,30,32). The average molecular weight is 471 g/mol. The lowest BCUT2D eigenvalue weighted by atomic mass is 9.55. The summed E-state index contributed by atoms with van der Waals surface area (Å²) in [5.41, 5.74) is 8.00. The van der Waals surface area contributed by atoms with Crippen molar-refractivity contribution in [1.29, 1.82) is 0 Å². The fraction of sp³-hybridized carbons (Fsp3) is 0.296. The van der Waals surface area contributed by atoms with Crippen LogP contribution in [0, 0.1) is 5.41 Å². The van der Waals surface area contributed by atoms with Gasteiger partial charge in [0.25, 0.3) is 11.9 Å². The number of benzene rings is 2. The summed E-state index contributed by atoms with van der Waals surface area (Å²) in [7, 11) is 0. The zero-order chi connectivity index (χ0) is 24.3. The molecule has 2 aromatic carbocycles. The van der Waals surface area contributed by atoms with Gasteiger partial charge >= 0.3 is 0 Å². The molecule has 3 aliphatic heterocycles. The van der Waals surface area contributed by atoms with Crippen molar-refractivity contribution in [2.24, 2.45) is 16.1 Å². The van der Waals surface area contributed by atoms with Crippen LogP contribution in [0.15, 0.2) is 71.9 Å². The summed E-state index contributed by atoms with van der Waals surface area (Å²) in [6, 6.07) is 19.2. The number of ether oxygens (including phenoxy) is 3. The van der Waals surface area contributed by atoms with Crippen molar-refractivity contribution in [1.82, 2.24) is 4.98 Å². The van der Waals surface area contributed by atoms with Crippen LogP contribution in [0.5, 0.6) is 5.75 Å². The maximum atomic E-state index is 13.0. The van der Waals surface area contributed by atoms with Gasteiger partial charge in [-0.05, 0) is 43.7 Å². The van der Waals surface area contributed by atoms with Gasteiger partial charge in [0, 0.05) is 23.0 Å². The molecule has 3 aliphatic rings. The zero-order valence-corrected chi connectivity index (χ0v) is 19.6. The molecule has 1 saturated heterocycles. The Balaban J connectivity index is 1.32. The third-order valence-electron chi connectivity index (χ3n) is 7.52. The molecule has 8 heteroatoms. The second-order valence-electron chi connectivity index (χ2n) is 9.75. The van der Waals surface area contributed by atoms with Crippen molar-refractivity contribution in [2.45, 2.75) is 25.0 Å². The number of pyridine rings is 1. The predicted octanol–water partition coefficient (Wildman–Crippen LogP) is 3.73. The molecule has 2 spiro atoms. The summed E-state index contributed by atoms with van der Waals surface area (Å²) in [6.07, 6.45) is 1.70. The number of nitrogens with two attached hydrogens (primary N) is 1. The minimum absolute atomic E-state index is 0.150. The van der Waals surface area contributed by atoms with Crippen molar-refractivity contribution >= 4 is 17.6 Å². The minimum atomic E-state index is -0.761. The molecule has 1 aromatic heterocycles. The van der Waals surface area contributed by atoms with Crippen molar-refractivity contribution < 1.29 is 19.0 Å². The molecular formula is C27H26N4O4. The van der Waals surface area contributed by atoms with E-state index in [1.807, 2.05) is 68.4 Å². The lowest BCUT2D eigenvalue weighted by molar-refractivity contribution is -0.247. The highest BCUT2D eigenvalue weighted by Gasteiger charge is 2.71. The Morgan fingerprint density at radius 2 is 1.80 bits per heavy atom. The Hall–Kier alpha value is -3.91. The number of carbonyl (C=O) groups is 1. The number of aliphatic imine (C=N–C) groups is 1. The molecule has 6 rings (SSSR count). The van der Waals surface area contributed by atoms with Gasteiger partial charge in [0.05, 0.1) is 18.6 Å². The smallest absolute Gasteiger partial charge is 0.283 e. The number of fused-ring (bicyclic) bond motifs is 3. The average Bonchev–Trinajstić information content (AvgIpc) is 3.21. The van der Waals surface area contributed by atoms with E-state index in [4.69, 9.17) is 24.9 Å². The van der Waals surface area contributed by atoms with Gasteiger partial charge in [0.15, 0.2) is 0 Å². The van der Waals surface area contributed by atoms with Gasteiger partial charge in [-0.2, -0.15) is 0 Å². The van der Waals surface area contributed by atoms with E-state index in [9.17, 15) is 4.79 Å². The zero-order valence-electron chi connectivity index (χ0n) is 19.6. The van der Waals surface area contributed by atoms with Crippen LogP contribution in [-0.2, 0) is 15.0 Å². The van der Waals surface area contributed by atoms with Gasteiger partial charge in [-0.3, -0.25) is 9.78 Å². The molecule has 3 aromatic rings. The number of nitrogens with one attached hydrogen (secondary N) is 1. The highest BCUT2D eigenvalue weighted by molar-refractivity contribution is 6.03. The molecule has 35 heavy (non-hydrogen) atoms. The first kappa shape index (κ1) is 21.6. The molecule has 0 aliphatic carbocycles. The quantitative estimate of drug-likeness (QED) is 0.604. The Kier molecular flexibility index (Phi) is 4.66. The van der Waals surface area contributed by atoms with Crippen LogP contribution in [0.4, 0.5) is 5.69 Å². The van der Waals surface area contributed by atoms with Crippen molar-refractivity contribution in [3.8, 4) is 16.9 Å². The van der Waals surface area contributed by atoms with Crippen LogP contribution >= 0.6 is 0 Å². The SMILES string of the molecule is CC1(C)Oc2ccc(NC(=O)c3ccc(-c4ccccc4)cn3)cc2C2(COC(N)=N2)C12COC2. The first-order valence-corrected chi connectivity index (χ1v) is 11.6. The summed E-state index contributed by atoms with van der Waals surface area (Å²) in [5.74, 6) is 0.390. The summed E-state index contributed by atoms with van der Waals surface area (Å²) in [4.78, 5) is 22.2. The van der Waals surface area contributed by atoms with E-state index in [2.05, 4.69) is 10.3 Å². The van der Waals surface area contributed by atoms with Crippen molar-refractivity contribution in [2.75, 3.05) is 25.1 Å². The molecule has 1 unspecified atom stereocenters. The lowest BCUT2D eigenvalue weighted by Crippen LogP contribution is -2.71. The molecule has 4 heterocycles. The van der Waals surface area contributed by atoms with E-state index in [-0.39, 0.29) is 11.9 Å². The van der Waals surface area contributed by atoms with Crippen LogP contribution in [-0.4, -0.2) is 42.3 Å². The van der Waals surface area contributed by atoms with Crippen molar-refractivity contribution in [3.63, 3.8) is 0 Å². The molecular weight excluding hydrogens is 444 g/mol. The number of carbonyl (C=O) groups excluding carboxylic acids is 1. The Morgan fingerprint density at radius 3 is 2.43 bits per heavy atom. The van der Waals surface area contributed by atoms with Gasteiger partial charge in [-0.1, -0.05) is 36.4 Å². The maximum absolute atomic E-state index is 13.0. The van der Waals surface area contributed by atoms with Crippen LogP contribution < -0.4 is 15.8 Å². The first-order chi connectivity index (χ1) is 16.8. The molecule has 3 N–H and O–H groups in total. The molecule has 0 saturated carbocycles. The summed E-state index contributed by atoms with van der Waals surface area (Å²) < 4.78 is 17.8. The molecule has 0 bridgehead atoms. The third-order valence-corrected chi connectivity index (χ3v) is 7.52. The molecule has 1 amide bonds. The molecule has 1 atom stereocenters. The van der Waals surface area contributed by atoms with Gasteiger partial charge in [-0.15, -0.1) is 0 Å². The number of hydrogen-bond donors (Lipinski definition) is 2. The number of nitrogens with zero attached hydrogens (tertiary/aromatic N) is 2. The number of amidine groups is 1. The number of amides is 1. The molecule has 0 radical (unpaired) electrons. The van der Waals surface area contributed by atoms with Gasteiger partial charge in [0.1, 0.15) is 29.2 Å². The maximum Gasteiger partial charge on any atom is 0.283 e. The van der Waals surface area contributed by atoms with Crippen molar-refractivity contribution in [3.05, 3.63) is 78.1 Å². The van der Waals surface area contributed by atoms with Gasteiger partial charge in [0.2, 0.25) is 0 Å². The predicted molar refractivity (Wildman–Crippen MR) is 131 cm³/mol. The van der Waals surface area contributed by atoms with E-state index in [0.717, 1.165) is 16.7 Å². The number of hydrogen-bond acceptors (Lipinski definition) is 7. The highest BCUT2D eigenvalue weighted by Crippen LogP contribution is 2.62. The summed E-state index contributed by atoms with van der Waals surface area (Å²) >= 11 is 0. The van der Waals surface area contributed by atoms with Crippen LogP contribution in [0.25, 0.3) is 11.1 Å². The largest absolute Gasteiger partial charge is 0.487 e. The van der Waals surface area contributed by atoms with E-state index < -0.39 is 16.6 Å². The normalized spacial score (nSPS) is 23.0. The van der Waals surface area contributed by atoms with E-state index in [0.29, 0.717) is 37.0 Å². The second-order valence-corrected chi connectivity index (χ2v) is 9.75.